The zero-order valence-corrected chi connectivity index (χ0v) is 31.6. The summed E-state index contributed by atoms with van der Waals surface area (Å²) in [5.74, 6) is -6.36. The summed E-state index contributed by atoms with van der Waals surface area (Å²) in [4.78, 5) is 105. The largest absolute Gasteiger partial charge is 0.481 e. The molecule has 3 heterocycles. The van der Waals surface area contributed by atoms with Crippen molar-refractivity contribution in [2.75, 3.05) is 19.6 Å². The number of imidazole rings is 2. The van der Waals surface area contributed by atoms with Crippen LogP contribution in [0.2, 0.25) is 0 Å². The van der Waals surface area contributed by atoms with E-state index < -0.39 is 65.9 Å². The first-order valence-corrected chi connectivity index (χ1v) is 17.4. The number of hydrogen-bond donors (Lipinski definition) is 11. The molecule has 3 aromatic heterocycles. The van der Waals surface area contributed by atoms with Crippen molar-refractivity contribution in [3.63, 3.8) is 0 Å². The van der Waals surface area contributed by atoms with Crippen LogP contribution in [0.3, 0.4) is 0 Å². The molecular weight excluding hydrogens is 754 g/mol. The van der Waals surface area contributed by atoms with Gasteiger partial charge >= 0.3 is 11.9 Å². The topological polar surface area (TPSA) is 319 Å². The van der Waals surface area contributed by atoms with E-state index in [2.05, 4.69) is 46.2 Å². The molecule has 0 saturated carbocycles. The summed E-state index contributed by atoms with van der Waals surface area (Å²) in [7, 11) is 0. The lowest BCUT2D eigenvalue weighted by Gasteiger charge is -2.20. The molecule has 302 valence electrons. The fourth-order valence-electron chi connectivity index (χ4n) is 5.80. The standard InChI is InChI=1S/C35H45N11O9.ClH/c1-17(2)8-20(11-36)44-32(51)28-30(42-16-40-28)33(52)45-23(9-19-13-38-22-7-5-4-6-21(19)22)25(47)14-37-12-18(3)43-31(50)27-29(41-15-39-27)34(53)46-24(35(54)55)10-26(48)49;/h4-7,13,15-18,20,23-24,37-38H,8-12,14,36H2,1-3H3,(H,39,41)(H,40,42)(H,43,50)(H,44,51)(H,45,52)(H,46,53)(H,48,49)(H,54,55);1H/t18-,20-,23-,24-;/m0./s1. The lowest BCUT2D eigenvalue weighted by molar-refractivity contribution is -0.145. The Morgan fingerprint density at radius 1 is 0.786 bits per heavy atom. The van der Waals surface area contributed by atoms with Gasteiger partial charge < -0.3 is 57.5 Å². The Kier molecular flexibility index (Phi) is 16.2. The number of nitrogens with two attached hydrogens (primary N) is 1. The third-order valence-corrected chi connectivity index (χ3v) is 8.44. The van der Waals surface area contributed by atoms with Crippen LogP contribution in [0.15, 0.2) is 43.1 Å². The number of fused-ring (bicyclic) bond motifs is 1. The van der Waals surface area contributed by atoms with Crippen LogP contribution >= 0.6 is 12.4 Å². The minimum Gasteiger partial charge on any atom is -0.481 e. The highest BCUT2D eigenvalue weighted by Crippen LogP contribution is 2.20. The number of H-pyrrole nitrogens is 3. The number of halogens is 1. The quantitative estimate of drug-likeness (QED) is 0.0534. The number of carbonyl (C=O) groups is 7. The van der Waals surface area contributed by atoms with Crippen LogP contribution < -0.4 is 32.3 Å². The minimum absolute atomic E-state index is 0. The molecular formula is C35H46ClN11O9. The molecule has 0 unspecified atom stereocenters. The van der Waals surface area contributed by atoms with Gasteiger partial charge in [-0.25, -0.2) is 14.8 Å². The molecule has 4 rings (SSSR count). The maximum absolute atomic E-state index is 13.7. The van der Waals surface area contributed by atoms with E-state index in [-0.39, 0.29) is 73.2 Å². The number of carboxylic acid groups (broad SMARTS) is 2. The van der Waals surface area contributed by atoms with E-state index in [1.165, 1.54) is 6.33 Å². The predicted octanol–water partition coefficient (Wildman–Crippen LogP) is 0.115. The Morgan fingerprint density at radius 3 is 1.95 bits per heavy atom. The van der Waals surface area contributed by atoms with Crippen molar-refractivity contribution in [2.24, 2.45) is 11.7 Å². The highest BCUT2D eigenvalue weighted by molar-refractivity contribution is 6.07. The van der Waals surface area contributed by atoms with Crippen LogP contribution in [0.4, 0.5) is 0 Å². The number of Topliss-reactive ketones (excluding diaryl/α,β-unsaturated/α-hetero) is 1. The number of aromatic nitrogens is 5. The molecule has 4 amide bonds. The molecule has 0 spiro atoms. The Labute approximate surface area is 326 Å². The monoisotopic (exact) mass is 799 g/mol. The van der Waals surface area contributed by atoms with Crippen LogP contribution in [0, 0.1) is 5.92 Å². The molecule has 0 aliphatic carbocycles. The lowest BCUT2D eigenvalue weighted by atomic mass is 10.0. The molecule has 12 N–H and O–H groups in total. The van der Waals surface area contributed by atoms with Gasteiger partial charge in [-0.1, -0.05) is 32.0 Å². The molecule has 4 atom stereocenters. The van der Waals surface area contributed by atoms with Gasteiger partial charge in [0.1, 0.15) is 17.4 Å². The van der Waals surface area contributed by atoms with Gasteiger partial charge in [0.25, 0.3) is 23.6 Å². The van der Waals surface area contributed by atoms with Crippen molar-refractivity contribution < 1.29 is 43.8 Å². The smallest absolute Gasteiger partial charge is 0.326 e. The molecule has 0 aliphatic heterocycles. The molecule has 0 fully saturated rings. The Morgan fingerprint density at radius 2 is 1.38 bits per heavy atom. The Hall–Kier alpha value is -6.12. The molecule has 0 saturated heterocycles. The molecule has 0 radical (unpaired) electrons. The number of aliphatic carboxylic acids is 2. The number of hydrogen-bond acceptors (Lipinski definition) is 11. The number of amides is 4. The summed E-state index contributed by atoms with van der Waals surface area (Å²) in [6.45, 7) is 5.61. The van der Waals surface area contributed by atoms with E-state index >= 15 is 0 Å². The van der Waals surface area contributed by atoms with Crippen LogP contribution in [-0.4, -0.2) is 120 Å². The molecule has 0 aliphatic rings. The van der Waals surface area contributed by atoms with Crippen LogP contribution in [0.5, 0.6) is 0 Å². The molecule has 4 aromatic rings. The summed E-state index contributed by atoms with van der Waals surface area (Å²) in [5.41, 5.74) is 6.40. The number of nitrogens with zero attached hydrogens (tertiary/aromatic N) is 2. The van der Waals surface area contributed by atoms with Gasteiger partial charge in [-0.3, -0.25) is 28.8 Å². The molecule has 0 bridgehead atoms. The SMILES string of the molecule is CC(C)C[C@@H](CN)NC(=O)c1nc[nH]c1C(=O)N[C@@H](Cc1c[nH]c2ccccc12)C(=O)CNC[C@H](C)NC(=O)c1nc[nH]c1C(=O)N[C@@H](CC(=O)O)C(=O)O.Cl. The maximum atomic E-state index is 13.7. The van der Waals surface area contributed by atoms with E-state index in [0.717, 1.165) is 22.8 Å². The van der Waals surface area contributed by atoms with E-state index in [0.29, 0.717) is 6.42 Å². The number of rotatable bonds is 21. The summed E-state index contributed by atoms with van der Waals surface area (Å²) >= 11 is 0. The van der Waals surface area contributed by atoms with Gasteiger partial charge in [-0.2, -0.15) is 0 Å². The van der Waals surface area contributed by atoms with Crippen molar-refractivity contribution in [2.45, 2.75) is 64.2 Å². The van der Waals surface area contributed by atoms with Gasteiger partial charge in [-0.15, -0.1) is 12.4 Å². The lowest BCUT2D eigenvalue weighted by Crippen LogP contribution is -2.48. The van der Waals surface area contributed by atoms with Crippen molar-refractivity contribution in [1.82, 2.24) is 51.5 Å². The van der Waals surface area contributed by atoms with Crippen LogP contribution in [-0.2, 0) is 20.8 Å². The van der Waals surface area contributed by atoms with Crippen LogP contribution in [0.25, 0.3) is 10.9 Å². The van der Waals surface area contributed by atoms with E-state index in [4.69, 9.17) is 10.8 Å². The second kappa shape index (κ2) is 20.5. The van der Waals surface area contributed by atoms with Crippen molar-refractivity contribution >= 4 is 64.7 Å². The predicted molar refractivity (Wildman–Crippen MR) is 203 cm³/mol. The van der Waals surface area contributed by atoms with Gasteiger partial charge in [0.05, 0.1) is 31.7 Å². The molecule has 56 heavy (non-hydrogen) atoms. The van der Waals surface area contributed by atoms with Crippen molar-refractivity contribution in [3.05, 3.63) is 71.5 Å². The number of carboxylic acids is 2. The highest BCUT2D eigenvalue weighted by Gasteiger charge is 2.29. The zero-order valence-electron chi connectivity index (χ0n) is 30.8. The van der Waals surface area contributed by atoms with Gasteiger partial charge in [0, 0.05) is 48.7 Å². The number of benzene rings is 1. The fourth-order valence-corrected chi connectivity index (χ4v) is 5.80. The number of ketones is 1. The van der Waals surface area contributed by atoms with Gasteiger partial charge in [-0.05, 0) is 30.9 Å². The second-order valence-electron chi connectivity index (χ2n) is 13.3. The summed E-state index contributed by atoms with van der Waals surface area (Å²) in [6, 6.07) is 3.67. The third kappa shape index (κ3) is 11.9. The number of para-hydroxylation sites is 1. The summed E-state index contributed by atoms with van der Waals surface area (Å²) in [6.07, 6.45) is 3.83. The highest BCUT2D eigenvalue weighted by atomic mass is 35.5. The summed E-state index contributed by atoms with van der Waals surface area (Å²) < 4.78 is 0. The normalized spacial score (nSPS) is 13.2. The second-order valence-corrected chi connectivity index (χ2v) is 13.3. The van der Waals surface area contributed by atoms with E-state index in [1.807, 2.05) is 43.4 Å². The van der Waals surface area contributed by atoms with E-state index in [9.17, 15) is 38.7 Å². The molecule has 21 heteroatoms. The Bertz CT molecular complexity index is 2030. The average Bonchev–Trinajstić information content (AvgIpc) is 3.91. The van der Waals surface area contributed by atoms with Crippen molar-refractivity contribution in [1.29, 1.82) is 0 Å². The number of aromatic amines is 3. The van der Waals surface area contributed by atoms with Crippen molar-refractivity contribution in [3.8, 4) is 0 Å². The van der Waals surface area contributed by atoms with E-state index in [1.54, 1.807) is 13.1 Å². The molecule has 1 aromatic carbocycles. The van der Waals surface area contributed by atoms with Crippen LogP contribution in [0.1, 0.15) is 81.1 Å². The minimum atomic E-state index is -1.75. The first-order valence-electron chi connectivity index (χ1n) is 17.4. The summed E-state index contributed by atoms with van der Waals surface area (Å²) in [5, 5.41) is 32.2. The number of carbonyl (C=O) groups excluding carboxylic acids is 5. The zero-order chi connectivity index (χ0) is 40.2. The third-order valence-electron chi connectivity index (χ3n) is 8.44. The van der Waals surface area contributed by atoms with Gasteiger partial charge in [0.2, 0.25) is 0 Å². The first kappa shape index (κ1) is 44.3. The average molecular weight is 800 g/mol. The fraction of sp³-hybridized carbons (Fsp3) is 0.400. The first-order chi connectivity index (χ1) is 26.2. The molecule has 20 nitrogen and oxygen atoms in total. The Balaban J connectivity index is 0.00000841. The maximum Gasteiger partial charge on any atom is 0.326 e. The van der Waals surface area contributed by atoms with Gasteiger partial charge in [0.15, 0.2) is 17.2 Å². The number of nitrogens with one attached hydrogen (secondary N) is 8.